The Labute approximate surface area is 66.4 Å². The van der Waals surface area contributed by atoms with E-state index in [2.05, 4.69) is 19.5 Å². The standard InChI is InChI=1S/C3H6BBrOS2/c4-6-2-1-3-7-8-5/h1-3H2. The summed E-state index contributed by atoms with van der Waals surface area (Å²) in [5.41, 5.74) is 0. The van der Waals surface area contributed by atoms with E-state index < -0.39 is 0 Å². The van der Waals surface area contributed by atoms with Crippen molar-refractivity contribution in [3.05, 3.63) is 0 Å². The SMILES string of the molecule is [B]OCCCSSBr. The normalized spacial score (nSPS) is 9.62. The van der Waals surface area contributed by atoms with Gasteiger partial charge in [-0.25, -0.2) is 0 Å². The molecule has 0 aromatic heterocycles. The van der Waals surface area contributed by atoms with Gasteiger partial charge < -0.3 is 4.65 Å². The van der Waals surface area contributed by atoms with Crippen molar-refractivity contribution in [1.82, 2.24) is 0 Å². The molecule has 0 aromatic rings. The molecule has 0 aromatic carbocycles. The Morgan fingerprint density at radius 2 is 2.38 bits per heavy atom. The molecule has 8 heavy (non-hydrogen) atoms. The predicted molar refractivity (Wildman–Crippen MR) is 45.3 cm³/mol. The van der Waals surface area contributed by atoms with Crippen LogP contribution in [0.2, 0.25) is 0 Å². The smallest absolute Gasteiger partial charge is 0.282 e. The molecule has 0 spiro atoms. The lowest BCUT2D eigenvalue weighted by molar-refractivity contribution is 0.350. The van der Waals surface area contributed by atoms with E-state index in [1.54, 1.807) is 20.0 Å². The van der Waals surface area contributed by atoms with Gasteiger partial charge in [0, 0.05) is 27.2 Å². The minimum absolute atomic E-state index is 0.653. The van der Waals surface area contributed by atoms with Crippen LogP contribution < -0.4 is 0 Å². The number of halogens is 1. The van der Waals surface area contributed by atoms with E-state index in [-0.39, 0.29) is 0 Å². The number of rotatable bonds is 5. The van der Waals surface area contributed by atoms with Crippen LogP contribution >= 0.6 is 34.8 Å². The van der Waals surface area contributed by atoms with Gasteiger partial charge in [0.05, 0.1) is 0 Å². The van der Waals surface area contributed by atoms with Gasteiger partial charge in [-0.2, -0.15) is 0 Å². The molecule has 0 aliphatic carbocycles. The van der Waals surface area contributed by atoms with Gasteiger partial charge in [0.2, 0.25) is 0 Å². The zero-order valence-electron chi connectivity index (χ0n) is 4.30. The predicted octanol–water partition coefficient (Wildman–Crippen LogP) is 2.17. The Morgan fingerprint density at radius 1 is 1.62 bits per heavy atom. The third-order valence-corrected chi connectivity index (χ3v) is 3.53. The maximum atomic E-state index is 4.78. The monoisotopic (exact) mass is 212 g/mol. The Morgan fingerprint density at radius 3 is 2.88 bits per heavy atom. The molecule has 5 heteroatoms. The van der Waals surface area contributed by atoms with Gasteiger partial charge in [0.25, 0.3) is 8.05 Å². The van der Waals surface area contributed by atoms with Gasteiger partial charge in [-0.1, -0.05) is 10.8 Å². The first-order valence-corrected chi connectivity index (χ1v) is 6.30. The van der Waals surface area contributed by atoms with Gasteiger partial charge in [-0.3, -0.25) is 0 Å². The number of hydrogen-bond acceptors (Lipinski definition) is 3. The second-order valence-corrected chi connectivity index (χ2v) is 5.34. The molecule has 0 atom stereocenters. The lowest BCUT2D eigenvalue weighted by atomic mass is 10.5. The first kappa shape index (κ1) is 9.20. The van der Waals surface area contributed by atoms with Crippen molar-refractivity contribution in [2.45, 2.75) is 6.42 Å². The average molecular weight is 213 g/mol. The van der Waals surface area contributed by atoms with E-state index in [0.29, 0.717) is 6.61 Å². The molecule has 0 N–H and O–H groups in total. The van der Waals surface area contributed by atoms with Gasteiger partial charge in [-0.15, -0.1) is 0 Å². The maximum absolute atomic E-state index is 4.78. The largest absolute Gasteiger partial charge is 0.448 e. The van der Waals surface area contributed by atoms with Crippen LogP contribution in [0.3, 0.4) is 0 Å². The summed E-state index contributed by atoms with van der Waals surface area (Å²) < 4.78 is 4.35. The van der Waals surface area contributed by atoms with E-state index >= 15 is 0 Å². The molecule has 0 rings (SSSR count). The molecule has 0 amide bonds. The minimum atomic E-state index is 0.653. The first-order chi connectivity index (χ1) is 3.91. The third kappa shape index (κ3) is 7.20. The zero-order chi connectivity index (χ0) is 6.24. The Balaban J connectivity index is 2.53. The van der Waals surface area contributed by atoms with Crippen LogP contribution in [-0.2, 0) is 4.65 Å². The molecular formula is C3H6BBrOS2. The topological polar surface area (TPSA) is 9.23 Å². The van der Waals surface area contributed by atoms with Crippen LogP contribution in [0, 0.1) is 0 Å². The molecule has 0 aliphatic rings. The van der Waals surface area contributed by atoms with Crippen molar-refractivity contribution in [3.63, 3.8) is 0 Å². The Bertz CT molecular complexity index is 42.3. The minimum Gasteiger partial charge on any atom is -0.448 e. The second kappa shape index (κ2) is 8.20. The second-order valence-electron chi connectivity index (χ2n) is 1.11. The van der Waals surface area contributed by atoms with Gasteiger partial charge >= 0.3 is 0 Å². The van der Waals surface area contributed by atoms with Crippen molar-refractivity contribution in [2.24, 2.45) is 0 Å². The summed E-state index contributed by atoms with van der Waals surface area (Å²) in [7, 11) is 8.11. The fourth-order valence-corrected chi connectivity index (χ4v) is 2.26. The summed E-state index contributed by atoms with van der Waals surface area (Å²) in [5.74, 6) is 1.08. The summed E-state index contributed by atoms with van der Waals surface area (Å²) in [6.45, 7) is 0.653. The number of hydrogen-bond donors (Lipinski definition) is 0. The summed E-state index contributed by atoms with van der Waals surface area (Å²) in [5, 5.41) is 0. The van der Waals surface area contributed by atoms with Crippen LogP contribution in [-0.4, -0.2) is 20.4 Å². The highest BCUT2D eigenvalue weighted by atomic mass is 79.9. The molecule has 0 fully saturated rings. The van der Waals surface area contributed by atoms with Crippen molar-refractivity contribution in [1.29, 1.82) is 0 Å². The molecule has 0 saturated carbocycles. The fraction of sp³-hybridized carbons (Fsp3) is 1.00. The molecule has 0 aliphatic heterocycles. The van der Waals surface area contributed by atoms with Crippen molar-refractivity contribution >= 4 is 42.9 Å². The highest BCUT2D eigenvalue weighted by Crippen LogP contribution is 2.27. The molecule has 0 bridgehead atoms. The lowest BCUT2D eigenvalue weighted by Gasteiger charge is -1.94. The molecule has 0 heterocycles. The first-order valence-electron chi connectivity index (χ1n) is 2.13. The molecule has 46 valence electrons. The van der Waals surface area contributed by atoms with Crippen LogP contribution in [0.1, 0.15) is 6.42 Å². The molecule has 2 radical (unpaired) electrons. The van der Waals surface area contributed by atoms with E-state index in [1.165, 1.54) is 0 Å². The van der Waals surface area contributed by atoms with Crippen LogP contribution in [0.4, 0.5) is 0 Å². The molecule has 0 saturated heterocycles. The summed E-state index contributed by atoms with van der Waals surface area (Å²) in [6.07, 6.45) is 1.01. The molecule has 0 unspecified atom stereocenters. The quantitative estimate of drug-likeness (QED) is 0.393. The van der Waals surface area contributed by atoms with Crippen molar-refractivity contribution < 1.29 is 4.65 Å². The van der Waals surface area contributed by atoms with Crippen LogP contribution in [0.5, 0.6) is 0 Å². The summed E-state index contributed by atoms with van der Waals surface area (Å²) >= 11 is 3.21. The summed E-state index contributed by atoms with van der Waals surface area (Å²) in [6, 6.07) is 0. The van der Waals surface area contributed by atoms with Crippen LogP contribution in [0.15, 0.2) is 0 Å². The summed E-state index contributed by atoms with van der Waals surface area (Å²) in [4.78, 5) is 0. The molecule has 1 nitrogen and oxygen atoms in total. The van der Waals surface area contributed by atoms with Gasteiger partial charge in [0.15, 0.2) is 0 Å². The van der Waals surface area contributed by atoms with Crippen molar-refractivity contribution in [3.8, 4) is 0 Å². The highest BCUT2D eigenvalue weighted by Gasteiger charge is 1.84. The van der Waals surface area contributed by atoms with E-state index in [4.69, 9.17) is 8.05 Å². The van der Waals surface area contributed by atoms with Gasteiger partial charge in [0.1, 0.15) is 0 Å². The Kier molecular flexibility index (Phi) is 9.44. The van der Waals surface area contributed by atoms with E-state index in [9.17, 15) is 0 Å². The zero-order valence-corrected chi connectivity index (χ0v) is 7.52. The lowest BCUT2D eigenvalue weighted by Crippen LogP contribution is -1.89. The van der Waals surface area contributed by atoms with Crippen molar-refractivity contribution in [2.75, 3.05) is 12.4 Å². The Hall–Kier alpha value is 1.20. The maximum Gasteiger partial charge on any atom is 0.282 e. The third-order valence-electron chi connectivity index (χ3n) is 0.534. The fourth-order valence-electron chi connectivity index (χ4n) is 0.233. The van der Waals surface area contributed by atoms with E-state index in [1.807, 2.05) is 0 Å². The van der Waals surface area contributed by atoms with Crippen LogP contribution in [0.25, 0.3) is 0 Å². The molecular weight excluding hydrogens is 207 g/mol. The van der Waals surface area contributed by atoms with Gasteiger partial charge in [-0.05, 0) is 15.6 Å². The average Bonchev–Trinajstić information content (AvgIpc) is 1.81. The van der Waals surface area contributed by atoms with E-state index in [0.717, 1.165) is 12.2 Å². The highest BCUT2D eigenvalue weighted by molar-refractivity contribution is 9.60.